The third-order valence-corrected chi connectivity index (χ3v) is 4.65. The molecule has 104 valence electrons. The third-order valence-electron chi connectivity index (χ3n) is 4.65. The normalized spacial score (nSPS) is 40.7. The highest BCUT2D eigenvalue weighted by Crippen LogP contribution is 2.31. The largest absolute Gasteiger partial charge is 0.388 e. The van der Waals surface area contributed by atoms with E-state index in [-0.39, 0.29) is 5.91 Å². The fourth-order valence-corrected chi connectivity index (χ4v) is 3.00. The van der Waals surface area contributed by atoms with Crippen LogP contribution in [0.25, 0.3) is 0 Å². The van der Waals surface area contributed by atoms with Crippen molar-refractivity contribution in [1.82, 2.24) is 10.6 Å². The van der Waals surface area contributed by atoms with Gasteiger partial charge in [-0.2, -0.15) is 0 Å². The first-order valence-electron chi connectivity index (χ1n) is 7.19. The standard InChI is InChI=1S/C14H26N2O2/c1-11-4-7-14(18,8-5-11)10-15-12(17)13(2)6-3-9-16-13/h11,16,18H,3-10H2,1-2H3,(H,15,17). The van der Waals surface area contributed by atoms with Gasteiger partial charge >= 0.3 is 0 Å². The van der Waals surface area contributed by atoms with Crippen LogP contribution in [0.5, 0.6) is 0 Å². The van der Waals surface area contributed by atoms with E-state index in [0.29, 0.717) is 12.5 Å². The molecule has 1 aliphatic carbocycles. The van der Waals surface area contributed by atoms with Gasteiger partial charge in [0.25, 0.3) is 0 Å². The molecule has 1 unspecified atom stereocenters. The molecule has 0 spiro atoms. The summed E-state index contributed by atoms with van der Waals surface area (Å²) in [5.41, 5.74) is -1.12. The zero-order chi connectivity index (χ0) is 13.2. The second-order valence-electron chi connectivity index (χ2n) is 6.45. The molecular weight excluding hydrogens is 228 g/mol. The number of aliphatic hydroxyl groups is 1. The van der Waals surface area contributed by atoms with E-state index in [1.54, 1.807) is 0 Å². The molecule has 1 saturated carbocycles. The number of carbonyl (C=O) groups is 1. The van der Waals surface area contributed by atoms with Crippen LogP contribution in [-0.4, -0.2) is 35.2 Å². The van der Waals surface area contributed by atoms with Crippen LogP contribution in [0.3, 0.4) is 0 Å². The topological polar surface area (TPSA) is 61.4 Å². The van der Waals surface area contributed by atoms with Gasteiger partial charge in [0, 0.05) is 6.54 Å². The quantitative estimate of drug-likeness (QED) is 0.709. The van der Waals surface area contributed by atoms with Crippen molar-refractivity contribution in [1.29, 1.82) is 0 Å². The number of rotatable bonds is 3. The SMILES string of the molecule is CC1CCC(O)(CNC(=O)C2(C)CCCN2)CC1. The minimum Gasteiger partial charge on any atom is -0.388 e. The Labute approximate surface area is 110 Å². The van der Waals surface area contributed by atoms with Gasteiger partial charge in [-0.3, -0.25) is 4.79 Å². The summed E-state index contributed by atoms with van der Waals surface area (Å²) in [5.74, 6) is 0.738. The molecule has 1 atom stereocenters. The van der Waals surface area contributed by atoms with Gasteiger partial charge in [0.15, 0.2) is 0 Å². The number of hydrogen-bond acceptors (Lipinski definition) is 3. The molecule has 0 bridgehead atoms. The summed E-state index contributed by atoms with van der Waals surface area (Å²) in [6.45, 7) is 5.48. The molecule has 1 aliphatic heterocycles. The van der Waals surface area contributed by atoms with E-state index in [2.05, 4.69) is 17.6 Å². The molecule has 1 heterocycles. The zero-order valence-corrected chi connectivity index (χ0v) is 11.6. The Balaban J connectivity index is 1.82. The second-order valence-corrected chi connectivity index (χ2v) is 6.45. The van der Waals surface area contributed by atoms with E-state index >= 15 is 0 Å². The van der Waals surface area contributed by atoms with Gasteiger partial charge < -0.3 is 15.7 Å². The van der Waals surface area contributed by atoms with Crippen LogP contribution >= 0.6 is 0 Å². The minimum absolute atomic E-state index is 0.0343. The summed E-state index contributed by atoms with van der Waals surface area (Å²) in [7, 11) is 0. The Kier molecular flexibility index (Phi) is 3.97. The van der Waals surface area contributed by atoms with Crippen molar-refractivity contribution in [3.8, 4) is 0 Å². The molecule has 1 saturated heterocycles. The van der Waals surface area contributed by atoms with E-state index < -0.39 is 11.1 Å². The molecule has 2 rings (SSSR count). The lowest BCUT2D eigenvalue weighted by atomic mass is 9.79. The Hall–Kier alpha value is -0.610. The Morgan fingerprint density at radius 3 is 2.61 bits per heavy atom. The highest BCUT2D eigenvalue weighted by atomic mass is 16.3. The maximum Gasteiger partial charge on any atom is 0.240 e. The van der Waals surface area contributed by atoms with Crippen LogP contribution in [0.2, 0.25) is 0 Å². The molecule has 0 aromatic carbocycles. The predicted octanol–water partition coefficient (Wildman–Crippen LogP) is 1.19. The lowest BCUT2D eigenvalue weighted by Crippen LogP contribution is -2.55. The molecule has 1 amide bonds. The molecule has 2 aliphatic rings. The molecule has 0 aromatic heterocycles. The van der Waals surface area contributed by atoms with Crippen molar-refractivity contribution in [2.24, 2.45) is 5.92 Å². The minimum atomic E-state index is -0.683. The highest BCUT2D eigenvalue weighted by Gasteiger charge is 2.38. The van der Waals surface area contributed by atoms with Gasteiger partial charge in [-0.1, -0.05) is 6.92 Å². The van der Waals surface area contributed by atoms with Crippen molar-refractivity contribution < 1.29 is 9.90 Å². The number of nitrogens with one attached hydrogen (secondary N) is 2. The molecule has 4 heteroatoms. The van der Waals surface area contributed by atoms with Gasteiger partial charge in [-0.05, 0) is 57.9 Å². The summed E-state index contributed by atoms with van der Waals surface area (Å²) in [6.07, 6.45) is 5.65. The highest BCUT2D eigenvalue weighted by molar-refractivity contribution is 5.86. The first-order chi connectivity index (χ1) is 8.44. The Morgan fingerprint density at radius 2 is 2.06 bits per heavy atom. The predicted molar refractivity (Wildman–Crippen MR) is 71.2 cm³/mol. The van der Waals surface area contributed by atoms with E-state index in [4.69, 9.17) is 0 Å². The van der Waals surface area contributed by atoms with Crippen LogP contribution in [-0.2, 0) is 4.79 Å². The van der Waals surface area contributed by atoms with Crippen LogP contribution < -0.4 is 10.6 Å². The van der Waals surface area contributed by atoms with E-state index in [1.165, 1.54) is 0 Å². The number of carbonyl (C=O) groups excluding carboxylic acids is 1. The molecule has 0 aromatic rings. The maximum atomic E-state index is 12.1. The van der Waals surface area contributed by atoms with Crippen molar-refractivity contribution in [2.45, 2.75) is 63.5 Å². The third kappa shape index (κ3) is 3.04. The van der Waals surface area contributed by atoms with Crippen LogP contribution in [0.15, 0.2) is 0 Å². The average Bonchev–Trinajstić information content (AvgIpc) is 2.79. The smallest absolute Gasteiger partial charge is 0.240 e. The summed E-state index contributed by atoms with van der Waals surface area (Å²) in [4.78, 5) is 12.1. The molecule has 2 fully saturated rings. The van der Waals surface area contributed by atoms with Gasteiger partial charge in [-0.15, -0.1) is 0 Å². The lowest BCUT2D eigenvalue weighted by molar-refractivity contribution is -0.128. The summed E-state index contributed by atoms with van der Waals surface area (Å²) in [5, 5.41) is 16.6. The second kappa shape index (κ2) is 5.17. The monoisotopic (exact) mass is 254 g/mol. The average molecular weight is 254 g/mol. The first-order valence-corrected chi connectivity index (χ1v) is 7.19. The molecule has 18 heavy (non-hydrogen) atoms. The van der Waals surface area contributed by atoms with E-state index in [0.717, 1.165) is 45.1 Å². The lowest BCUT2D eigenvalue weighted by Gasteiger charge is -2.36. The van der Waals surface area contributed by atoms with E-state index in [9.17, 15) is 9.90 Å². The van der Waals surface area contributed by atoms with Crippen molar-refractivity contribution in [2.75, 3.05) is 13.1 Å². The van der Waals surface area contributed by atoms with Crippen molar-refractivity contribution >= 4 is 5.91 Å². The number of hydrogen-bond donors (Lipinski definition) is 3. The summed E-state index contributed by atoms with van der Waals surface area (Å²) >= 11 is 0. The van der Waals surface area contributed by atoms with Gasteiger partial charge in [0.05, 0.1) is 11.1 Å². The Morgan fingerprint density at radius 1 is 1.39 bits per heavy atom. The fraction of sp³-hybridized carbons (Fsp3) is 0.929. The first kappa shape index (κ1) is 13.8. The van der Waals surface area contributed by atoms with Crippen molar-refractivity contribution in [3.05, 3.63) is 0 Å². The Bertz CT molecular complexity index is 303. The molecule has 0 radical (unpaired) electrons. The van der Waals surface area contributed by atoms with Gasteiger partial charge in [0.1, 0.15) is 0 Å². The number of amides is 1. The van der Waals surface area contributed by atoms with Gasteiger partial charge in [-0.25, -0.2) is 0 Å². The maximum absolute atomic E-state index is 12.1. The molecule has 3 N–H and O–H groups in total. The van der Waals surface area contributed by atoms with Crippen LogP contribution in [0.1, 0.15) is 52.4 Å². The molecule has 4 nitrogen and oxygen atoms in total. The van der Waals surface area contributed by atoms with Crippen LogP contribution in [0.4, 0.5) is 0 Å². The summed E-state index contributed by atoms with van der Waals surface area (Å²) < 4.78 is 0. The summed E-state index contributed by atoms with van der Waals surface area (Å²) in [6, 6.07) is 0. The molecular formula is C14H26N2O2. The van der Waals surface area contributed by atoms with Gasteiger partial charge in [0.2, 0.25) is 5.91 Å². The fourth-order valence-electron chi connectivity index (χ4n) is 3.00. The van der Waals surface area contributed by atoms with Crippen molar-refractivity contribution in [3.63, 3.8) is 0 Å². The zero-order valence-electron chi connectivity index (χ0n) is 11.6. The van der Waals surface area contributed by atoms with Crippen LogP contribution in [0, 0.1) is 5.92 Å². The van der Waals surface area contributed by atoms with E-state index in [1.807, 2.05) is 6.92 Å².